The second-order valence-electron chi connectivity index (χ2n) is 6.88. The van der Waals surface area contributed by atoms with Crippen LogP contribution in [-0.2, 0) is 4.79 Å². The monoisotopic (exact) mass is 279 g/mol. The molecule has 2 bridgehead atoms. The third kappa shape index (κ3) is 2.73. The molecule has 3 aliphatic rings. The highest BCUT2D eigenvalue weighted by Gasteiger charge is 2.42. The standard InChI is InChI=1S/C16H29N3O/c1-3-17-12-9-13-5-4-6-14(10-12)19(13)15-7-8-16(20)18(2)11-15/h12-15,17H,3-11H2,1-2H3. The van der Waals surface area contributed by atoms with Gasteiger partial charge in [0.15, 0.2) is 0 Å². The van der Waals surface area contributed by atoms with Crippen LogP contribution in [0.5, 0.6) is 0 Å². The fourth-order valence-electron chi connectivity index (χ4n) is 4.70. The molecule has 3 saturated heterocycles. The minimum Gasteiger partial charge on any atom is -0.344 e. The molecule has 0 spiro atoms. The normalized spacial score (nSPS) is 39.1. The van der Waals surface area contributed by atoms with E-state index in [0.717, 1.165) is 44.1 Å². The lowest BCUT2D eigenvalue weighted by molar-refractivity contribution is -0.136. The number of likely N-dealkylation sites (tertiary alicyclic amines) is 1. The first kappa shape index (κ1) is 14.3. The molecule has 4 nitrogen and oxygen atoms in total. The van der Waals surface area contributed by atoms with E-state index in [0.29, 0.717) is 11.9 Å². The van der Waals surface area contributed by atoms with Crippen molar-refractivity contribution >= 4 is 5.91 Å². The molecular formula is C16H29N3O. The van der Waals surface area contributed by atoms with Crippen molar-refractivity contribution in [2.24, 2.45) is 0 Å². The summed E-state index contributed by atoms with van der Waals surface area (Å²) in [5, 5.41) is 3.66. The lowest BCUT2D eigenvalue weighted by atomic mass is 9.79. The minimum atomic E-state index is 0.328. The SMILES string of the molecule is CCNC1CC2CCCC(C1)N2C1CCC(=O)N(C)C1. The van der Waals surface area contributed by atoms with Crippen LogP contribution in [0, 0.1) is 0 Å². The van der Waals surface area contributed by atoms with E-state index in [1.807, 2.05) is 11.9 Å². The van der Waals surface area contributed by atoms with Crippen molar-refractivity contribution < 1.29 is 4.79 Å². The smallest absolute Gasteiger partial charge is 0.222 e. The van der Waals surface area contributed by atoms with Gasteiger partial charge in [-0.1, -0.05) is 13.3 Å². The zero-order chi connectivity index (χ0) is 14.1. The van der Waals surface area contributed by atoms with Crippen molar-refractivity contribution in [3.05, 3.63) is 0 Å². The molecule has 3 unspecified atom stereocenters. The van der Waals surface area contributed by atoms with Gasteiger partial charge in [-0.25, -0.2) is 0 Å². The number of amides is 1. The molecular weight excluding hydrogens is 250 g/mol. The summed E-state index contributed by atoms with van der Waals surface area (Å²) in [5.41, 5.74) is 0. The van der Waals surface area contributed by atoms with E-state index >= 15 is 0 Å². The predicted octanol–water partition coefficient (Wildman–Crippen LogP) is 1.60. The molecule has 3 rings (SSSR count). The summed E-state index contributed by atoms with van der Waals surface area (Å²) in [6.45, 7) is 4.24. The molecule has 0 aliphatic carbocycles. The number of piperidine rings is 3. The molecule has 0 saturated carbocycles. The Hall–Kier alpha value is -0.610. The lowest BCUT2D eigenvalue weighted by Crippen LogP contribution is -2.62. The van der Waals surface area contributed by atoms with Gasteiger partial charge in [0.2, 0.25) is 5.91 Å². The van der Waals surface area contributed by atoms with Gasteiger partial charge in [0.05, 0.1) is 0 Å². The topological polar surface area (TPSA) is 35.6 Å². The van der Waals surface area contributed by atoms with Crippen LogP contribution in [0.15, 0.2) is 0 Å². The largest absolute Gasteiger partial charge is 0.344 e. The van der Waals surface area contributed by atoms with Gasteiger partial charge in [0.1, 0.15) is 0 Å². The van der Waals surface area contributed by atoms with E-state index in [4.69, 9.17) is 0 Å². The molecule has 0 aromatic carbocycles. The van der Waals surface area contributed by atoms with Crippen LogP contribution in [0.1, 0.15) is 51.9 Å². The maximum absolute atomic E-state index is 11.7. The molecule has 3 fully saturated rings. The molecule has 4 heteroatoms. The van der Waals surface area contributed by atoms with Crippen LogP contribution in [-0.4, -0.2) is 60.0 Å². The molecule has 1 N–H and O–H groups in total. The molecule has 0 aromatic heterocycles. The summed E-state index contributed by atoms with van der Waals surface area (Å²) < 4.78 is 0. The van der Waals surface area contributed by atoms with E-state index < -0.39 is 0 Å². The first-order valence-corrected chi connectivity index (χ1v) is 8.43. The van der Waals surface area contributed by atoms with Crippen molar-refractivity contribution in [1.29, 1.82) is 0 Å². The summed E-state index contributed by atoms with van der Waals surface area (Å²) in [6, 6.07) is 2.82. The number of nitrogens with one attached hydrogen (secondary N) is 1. The van der Waals surface area contributed by atoms with Gasteiger partial charge in [-0.2, -0.15) is 0 Å². The molecule has 0 aromatic rings. The van der Waals surface area contributed by atoms with Crippen LogP contribution in [0.3, 0.4) is 0 Å². The fourth-order valence-corrected chi connectivity index (χ4v) is 4.70. The quantitative estimate of drug-likeness (QED) is 0.852. The Kier molecular flexibility index (Phi) is 4.32. The Morgan fingerprint density at radius 1 is 1.15 bits per heavy atom. The Morgan fingerprint density at radius 3 is 2.45 bits per heavy atom. The highest BCUT2D eigenvalue weighted by Crippen LogP contribution is 2.37. The maximum Gasteiger partial charge on any atom is 0.222 e. The van der Waals surface area contributed by atoms with Crippen LogP contribution in [0.2, 0.25) is 0 Å². The maximum atomic E-state index is 11.7. The zero-order valence-electron chi connectivity index (χ0n) is 13.0. The number of rotatable bonds is 3. The summed E-state index contributed by atoms with van der Waals surface area (Å²) >= 11 is 0. The predicted molar refractivity (Wildman–Crippen MR) is 80.6 cm³/mol. The van der Waals surface area contributed by atoms with Crippen molar-refractivity contribution in [1.82, 2.24) is 15.1 Å². The highest BCUT2D eigenvalue weighted by atomic mass is 16.2. The Morgan fingerprint density at radius 2 is 1.85 bits per heavy atom. The fraction of sp³-hybridized carbons (Fsp3) is 0.938. The van der Waals surface area contributed by atoms with E-state index in [1.165, 1.54) is 32.1 Å². The number of hydrogen-bond acceptors (Lipinski definition) is 3. The van der Waals surface area contributed by atoms with Crippen molar-refractivity contribution in [3.8, 4) is 0 Å². The molecule has 0 radical (unpaired) electrons. The van der Waals surface area contributed by atoms with Crippen molar-refractivity contribution in [2.75, 3.05) is 20.1 Å². The number of fused-ring (bicyclic) bond motifs is 2. The number of carbonyl (C=O) groups excluding carboxylic acids is 1. The van der Waals surface area contributed by atoms with Gasteiger partial charge in [-0.15, -0.1) is 0 Å². The molecule has 20 heavy (non-hydrogen) atoms. The van der Waals surface area contributed by atoms with Gasteiger partial charge in [-0.05, 0) is 38.6 Å². The first-order chi connectivity index (χ1) is 9.69. The van der Waals surface area contributed by atoms with Gasteiger partial charge >= 0.3 is 0 Å². The summed E-state index contributed by atoms with van der Waals surface area (Å²) in [6.07, 6.45) is 8.53. The second kappa shape index (κ2) is 6.02. The average molecular weight is 279 g/mol. The Bertz CT molecular complexity index is 346. The zero-order valence-corrected chi connectivity index (χ0v) is 13.0. The Balaban J connectivity index is 1.69. The lowest BCUT2D eigenvalue weighted by Gasteiger charge is -2.53. The van der Waals surface area contributed by atoms with E-state index in [9.17, 15) is 4.79 Å². The molecule has 1 amide bonds. The van der Waals surface area contributed by atoms with Crippen molar-refractivity contribution in [3.63, 3.8) is 0 Å². The molecule has 3 atom stereocenters. The van der Waals surface area contributed by atoms with E-state index in [1.54, 1.807) is 0 Å². The second-order valence-corrected chi connectivity index (χ2v) is 6.88. The third-order valence-corrected chi connectivity index (χ3v) is 5.55. The van der Waals surface area contributed by atoms with Gasteiger partial charge in [-0.3, -0.25) is 9.69 Å². The third-order valence-electron chi connectivity index (χ3n) is 5.55. The summed E-state index contributed by atoms with van der Waals surface area (Å²) in [5.74, 6) is 0.328. The number of hydrogen-bond donors (Lipinski definition) is 1. The van der Waals surface area contributed by atoms with Gasteiger partial charge in [0.25, 0.3) is 0 Å². The van der Waals surface area contributed by atoms with Crippen LogP contribution < -0.4 is 5.32 Å². The molecule has 3 aliphatic heterocycles. The van der Waals surface area contributed by atoms with Crippen LogP contribution in [0.4, 0.5) is 0 Å². The van der Waals surface area contributed by atoms with Crippen LogP contribution in [0.25, 0.3) is 0 Å². The summed E-state index contributed by atoms with van der Waals surface area (Å²) in [7, 11) is 1.97. The van der Waals surface area contributed by atoms with Gasteiger partial charge < -0.3 is 10.2 Å². The molecule has 114 valence electrons. The highest BCUT2D eigenvalue weighted by molar-refractivity contribution is 5.76. The van der Waals surface area contributed by atoms with E-state index in [2.05, 4.69) is 17.1 Å². The molecule has 3 heterocycles. The number of nitrogens with zero attached hydrogens (tertiary/aromatic N) is 2. The summed E-state index contributed by atoms with van der Waals surface area (Å²) in [4.78, 5) is 16.5. The average Bonchev–Trinajstić information content (AvgIpc) is 2.41. The van der Waals surface area contributed by atoms with Gasteiger partial charge in [0, 0.05) is 44.2 Å². The number of likely N-dealkylation sites (N-methyl/N-ethyl adjacent to an activating group) is 1. The first-order valence-electron chi connectivity index (χ1n) is 8.43. The van der Waals surface area contributed by atoms with E-state index in [-0.39, 0.29) is 0 Å². The van der Waals surface area contributed by atoms with Crippen molar-refractivity contribution in [2.45, 2.75) is 76.0 Å². The minimum absolute atomic E-state index is 0.328. The number of carbonyl (C=O) groups is 1. The Labute approximate surface area is 122 Å². The van der Waals surface area contributed by atoms with Crippen LogP contribution >= 0.6 is 0 Å².